The second-order valence-corrected chi connectivity index (χ2v) is 6.25. The third-order valence-corrected chi connectivity index (χ3v) is 4.17. The Morgan fingerprint density at radius 1 is 1.24 bits per heavy atom. The van der Waals surface area contributed by atoms with Gasteiger partial charge in [0.05, 0.1) is 16.3 Å². The summed E-state index contributed by atoms with van der Waals surface area (Å²) in [4.78, 5) is 15.8. The van der Waals surface area contributed by atoms with Gasteiger partial charge in [-0.3, -0.25) is 9.78 Å². The SMILES string of the molecule is N#CC(F)(F)C(F)c1ccccc1C(=O)NCCc1ncc(C(F)(F)F)cc1Cl. The Morgan fingerprint density at radius 3 is 2.48 bits per heavy atom. The Kier molecular flexibility index (Phi) is 6.74. The molecular weight excluding hydrogens is 424 g/mol. The largest absolute Gasteiger partial charge is 0.417 e. The number of aromatic nitrogens is 1. The van der Waals surface area contributed by atoms with Crippen LogP contribution in [0.2, 0.25) is 5.02 Å². The van der Waals surface area contributed by atoms with Crippen molar-refractivity contribution in [3.05, 3.63) is 63.9 Å². The van der Waals surface area contributed by atoms with E-state index in [-0.39, 0.29) is 23.7 Å². The van der Waals surface area contributed by atoms with E-state index in [1.807, 2.05) is 0 Å². The van der Waals surface area contributed by atoms with E-state index in [9.17, 15) is 31.1 Å². The number of halogens is 7. The molecule has 0 radical (unpaired) electrons. The quantitative estimate of drug-likeness (QED) is 0.657. The third kappa shape index (κ3) is 5.38. The molecule has 1 aromatic heterocycles. The molecule has 1 heterocycles. The number of nitrogens with one attached hydrogen (secondary N) is 1. The van der Waals surface area contributed by atoms with Gasteiger partial charge in [0.25, 0.3) is 5.91 Å². The Hall–Kier alpha value is -2.80. The van der Waals surface area contributed by atoms with Crippen LogP contribution in [-0.4, -0.2) is 23.4 Å². The zero-order chi connectivity index (χ0) is 21.8. The van der Waals surface area contributed by atoms with Gasteiger partial charge in [0.1, 0.15) is 6.07 Å². The first-order valence-corrected chi connectivity index (χ1v) is 8.37. The average molecular weight is 436 g/mol. The zero-order valence-corrected chi connectivity index (χ0v) is 15.2. The average Bonchev–Trinajstić information content (AvgIpc) is 2.67. The monoisotopic (exact) mass is 435 g/mol. The number of amides is 1. The minimum Gasteiger partial charge on any atom is -0.352 e. The van der Waals surface area contributed by atoms with Crippen LogP contribution in [0, 0.1) is 11.3 Å². The Bertz CT molecular complexity index is 942. The first-order chi connectivity index (χ1) is 13.5. The van der Waals surface area contributed by atoms with Crippen LogP contribution in [0.5, 0.6) is 0 Å². The van der Waals surface area contributed by atoms with Crippen molar-refractivity contribution >= 4 is 17.5 Å². The zero-order valence-electron chi connectivity index (χ0n) is 14.4. The Balaban J connectivity index is 2.09. The second-order valence-electron chi connectivity index (χ2n) is 5.84. The molecule has 0 aliphatic carbocycles. The molecule has 0 bridgehead atoms. The summed E-state index contributed by atoms with van der Waals surface area (Å²) < 4.78 is 78.5. The van der Waals surface area contributed by atoms with Crippen LogP contribution >= 0.6 is 11.6 Å². The number of carbonyl (C=O) groups is 1. The number of hydrogen-bond acceptors (Lipinski definition) is 3. The molecule has 2 aromatic rings. The van der Waals surface area contributed by atoms with E-state index in [2.05, 4.69) is 10.3 Å². The van der Waals surface area contributed by atoms with Gasteiger partial charge in [-0.25, -0.2) is 4.39 Å². The van der Waals surface area contributed by atoms with Crippen LogP contribution in [0.15, 0.2) is 36.5 Å². The number of carbonyl (C=O) groups excluding carboxylic acids is 1. The van der Waals surface area contributed by atoms with Crippen molar-refractivity contribution in [3.63, 3.8) is 0 Å². The number of hydrogen-bond donors (Lipinski definition) is 1. The molecule has 1 amide bonds. The fourth-order valence-electron chi connectivity index (χ4n) is 2.37. The first-order valence-electron chi connectivity index (χ1n) is 7.99. The first kappa shape index (κ1) is 22.5. The van der Waals surface area contributed by atoms with Crippen molar-refractivity contribution in [3.8, 4) is 6.07 Å². The van der Waals surface area contributed by atoms with E-state index in [1.54, 1.807) is 0 Å². The van der Waals surface area contributed by atoms with Crippen LogP contribution in [0.25, 0.3) is 0 Å². The molecule has 1 atom stereocenters. The molecular formula is C18H12ClF6N3O. The number of pyridine rings is 1. The molecule has 1 unspecified atom stereocenters. The van der Waals surface area contributed by atoms with Gasteiger partial charge in [0.2, 0.25) is 6.17 Å². The molecule has 0 spiro atoms. The molecule has 154 valence electrons. The molecule has 2 rings (SSSR count). The highest BCUT2D eigenvalue weighted by atomic mass is 35.5. The van der Waals surface area contributed by atoms with Crippen molar-refractivity contribution in [2.24, 2.45) is 0 Å². The van der Waals surface area contributed by atoms with Crippen molar-refractivity contribution in [2.75, 3.05) is 6.54 Å². The summed E-state index contributed by atoms with van der Waals surface area (Å²) in [6, 6.07) is 5.86. The predicted octanol–water partition coefficient (Wildman–Crippen LogP) is 4.90. The summed E-state index contributed by atoms with van der Waals surface area (Å²) in [5.41, 5.74) is -2.02. The van der Waals surface area contributed by atoms with Crippen molar-refractivity contribution in [2.45, 2.75) is 24.7 Å². The van der Waals surface area contributed by atoms with Crippen molar-refractivity contribution in [1.82, 2.24) is 10.3 Å². The van der Waals surface area contributed by atoms with Crippen LogP contribution in [0.4, 0.5) is 26.3 Å². The van der Waals surface area contributed by atoms with Gasteiger partial charge in [0, 0.05) is 30.3 Å². The lowest BCUT2D eigenvalue weighted by atomic mass is 9.99. The highest BCUT2D eigenvalue weighted by molar-refractivity contribution is 6.31. The van der Waals surface area contributed by atoms with Gasteiger partial charge in [0.15, 0.2) is 0 Å². The van der Waals surface area contributed by atoms with E-state index < -0.39 is 40.9 Å². The van der Waals surface area contributed by atoms with Gasteiger partial charge in [-0.15, -0.1) is 0 Å². The fourth-order valence-corrected chi connectivity index (χ4v) is 2.63. The Morgan fingerprint density at radius 2 is 1.90 bits per heavy atom. The topological polar surface area (TPSA) is 65.8 Å². The molecule has 0 fully saturated rings. The summed E-state index contributed by atoms with van der Waals surface area (Å²) in [5.74, 6) is -5.23. The number of alkyl halides is 6. The maximum Gasteiger partial charge on any atom is 0.417 e. The van der Waals surface area contributed by atoms with Crippen LogP contribution in [-0.2, 0) is 12.6 Å². The van der Waals surface area contributed by atoms with Crippen LogP contribution in [0.3, 0.4) is 0 Å². The van der Waals surface area contributed by atoms with Gasteiger partial charge in [-0.05, 0) is 12.1 Å². The molecule has 0 aliphatic rings. The van der Waals surface area contributed by atoms with E-state index in [4.69, 9.17) is 16.9 Å². The molecule has 1 N–H and O–H groups in total. The molecule has 4 nitrogen and oxygen atoms in total. The molecule has 1 aromatic carbocycles. The standard InChI is InChI=1S/C18H12ClF6N3O/c19-13-7-10(18(23,24)25)8-28-14(13)5-6-27-16(29)12-4-2-1-3-11(12)15(20)17(21,22)9-26/h1-4,7-8,15H,5-6H2,(H,27,29). The highest BCUT2D eigenvalue weighted by Gasteiger charge is 2.43. The second kappa shape index (κ2) is 8.69. The van der Waals surface area contributed by atoms with E-state index >= 15 is 0 Å². The Labute approximate surface area is 166 Å². The number of nitrogens with zero attached hydrogens (tertiary/aromatic N) is 2. The maximum atomic E-state index is 14.0. The summed E-state index contributed by atoms with van der Waals surface area (Å²) in [7, 11) is 0. The van der Waals surface area contributed by atoms with E-state index in [0.717, 1.165) is 12.1 Å². The molecule has 11 heteroatoms. The summed E-state index contributed by atoms with van der Waals surface area (Å²) in [6.45, 7) is -0.156. The summed E-state index contributed by atoms with van der Waals surface area (Å²) >= 11 is 5.76. The van der Waals surface area contributed by atoms with Crippen LogP contribution in [0.1, 0.15) is 33.4 Å². The number of nitriles is 1. The van der Waals surface area contributed by atoms with E-state index in [0.29, 0.717) is 18.3 Å². The predicted molar refractivity (Wildman–Crippen MR) is 91.1 cm³/mol. The van der Waals surface area contributed by atoms with Gasteiger partial charge in [-0.2, -0.15) is 27.2 Å². The summed E-state index contributed by atoms with van der Waals surface area (Å²) in [6.07, 6.45) is -7.09. The van der Waals surface area contributed by atoms with E-state index in [1.165, 1.54) is 12.1 Å². The lowest BCUT2D eigenvalue weighted by Gasteiger charge is -2.17. The smallest absolute Gasteiger partial charge is 0.352 e. The van der Waals surface area contributed by atoms with Crippen molar-refractivity contribution < 1.29 is 31.1 Å². The van der Waals surface area contributed by atoms with Crippen molar-refractivity contribution in [1.29, 1.82) is 5.26 Å². The minimum atomic E-state index is -4.61. The van der Waals surface area contributed by atoms with Gasteiger partial charge in [-0.1, -0.05) is 29.8 Å². The third-order valence-electron chi connectivity index (χ3n) is 3.84. The molecule has 0 saturated heterocycles. The number of benzene rings is 1. The normalized spacial score (nSPS) is 12.9. The van der Waals surface area contributed by atoms with Crippen LogP contribution < -0.4 is 5.32 Å². The highest BCUT2D eigenvalue weighted by Crippen LogP contribution is 2.36. The lowest BCUT2D eigenvalue weighted by molar-refractivity contribution is -0.137. The molecule has 0 saturated carbocycles. The minimum absolute atomic E-state index is 0.0573. The fraction of sp³-hybridized carbons (Fsp3) is 0.278. The van der Waals surface area contributed by atoms with Gasteiger partial charge < -0.3 is 5.32 Å². The molecule has 29 heavy (non-hydrogen) atoms. The maximum absolute atomic E-state index is 14.0. The summed E-state index contributed by atoms with van der Waals surface area (Å²) in [5, 5.41) is 10.5. The lowest BCUT2D eigenvalue weighted by Crippen LogP contribution is -2.29. The molecule has 0 aliphatic heterocycles. The van der Waals surface area contributed by atoms with Gasteiger partial charge >= 0.3 is 12.1 Å². The number of rotatable bonds is 6.